The van der Waals surface area contributed by atoms with Crippen LogP contribution in [0.2, 0.25) is 0 Å². The fraction of sp³-hybridized carbons (Fsp3) is 0.462. The van der Waals surface area contributed by atoms with E-state index in [1.54, 1.807) is 19.9 Å². The molecule has 7 heteroatoms. The zero-order chi connectivity index (χ0) is 15.4. The smallest absolute Gasteiger partial charge is 0.238 e. The first kappa shape index (κ1) is 17.1. The maximum absolute atomic E-state index is 11.8. The second kappa shape index (κ2) is 6.69. The fourth-order valence-corrected chi connectivity index (χ4v) is 2.11. The lowest BCUT2D eigenvalue weighted by Gasteiger charge is -2.22. The number of anilines is 1. The summed E-state index contributed by atoms with van der Waals surface area (Å²) in [5.41, 5.74) is 0.682. The average molecular weight is 363 g/mol. The lowest BCUT2D eigenvalue weighted by Crippen LogP contribution is -2.43. The maximum Gasteiger partial charge on any atom is 0.238 e. The molecule has 5 nitrogen and oxygen atoms in total. The normalized spacial score (nSPS) is 12.2. The van der Waals surface area contributed by atoms with Crippen LogP contribution in [0.4, 0.5) is 5.69 Å². The fourth-order valence-electron chi connectivity index (χ4n) is 1.37. The number of hydrogen-bond donors (Lipinski definition) is 2. The van der Waals surface area contributed by atoms with E-state index in [9.17, 15) is 13.2 Å². The molecule has 0 saturated heterocycles. The molecule has 0 aliphatic rings. The van der Waals surface area contributed by atoms with Gasteiger partial charge in [0.15, 0.2) is 9.84 Å². The van der Waals surface area contributed by atoms with Gasteiger partial charge in [0.1, 0.15) is 0 Å². The third-order valence-electron chi connectivity index (χ3n) is 2.99. The Morgan fingerprint density at radius 3 is 2.45 bits per heavy atom. The van der Waals surface area contributed by atoms with Gasteiger partial charge in [-0.25, -0.2) is 8.42 Å². The summed E-state index contributed by atoms with van der Waals surface area (Å²) in [5.74, 6) is -0.221. The Hall–Kier alpha value is -0.920. The molecule has 0 aliphatic heterocycles. The molecule has 0 spiro atoms. The molecular weight excluding hydrogens is 344 g/mol. The van der Waals surface area contributed by atoms with E-state index in [1.165, 1.54) is 6.26 Å². The van der Waals surface area contributed by atoms with Gasteiger partial charge in [0.2, 0.25) is 5.91 Å². The molecule has 2 N–H and O–H groups in total. The Morgan fingerprint density at radius 2 is 1.90 bits per heavy atom. The second-order valence-electron chi connectivity index (χ2n) is 5.16. The first-order valence-electron chi connectivity index (χ1n) is 6.08. The molecule has 0 fully saturated rings. The predicted octanol–water partition coefficient (Wildman–Crippen LogP) is 1.80. The third kappa shape index (κ3) is 4.88. The van der Waals surface area contributed by atoms with Crippen LogP contribution in [0.5, 0.6) is 0 Å². The van der Waals surface area contributed by atoms with Gasteiger partial charge < -0.3 is 10.6 Å². The molecule has 0 atom stereocenters. The number of hydrogen-bond acceptors (Lipinski definition) is 4. The van der Waals surface area contributed by atoms with Crippen LogP contribution in [-0.2, 0) is 14.6 Å². The number of sulfone groups is 1. The Bertz CT molecular complexity index is 585. The highest BCUT2D eigenvalue weighted by Gasteiger charge is 2.29. The maximum atomic E-state index is 11.8. The molecule has 0 saturated carbocycles. The number of nitrogens with one attached hydrogen (secondary N) is 2. The minimum absolute atomic E-state index is 0.0558. The Morgan fingerprint density at radius 1 is 1.30 bits per heavy atom. The summed E-state index contributed by atoms with van der Waals surface area (Å²) in [6.45, 7) is 3.53. The van der Waals surface area contributed by atoms with Crippen molar-refractivity contribution in [2.24, 2.45) is 0 Å². The molecule has 0 radical (unpaired) electrons. The van der Waals surface area contributed by atoms with Crippen molar-refractivity contribution in [2.45, 2.75) is 18.6 Å². The van der Waals surface area contributed by atoms with E-state index in [-0.39, 0.29) is 19.0 Å². The van der Waals surface area contributed by atoms with Crippen LogP contribution in [0.25, 0.3) is 0 Å². The van der Waals surface area contributed by atoms with Crippen LogP contribution in [0.15, 0.2) is 28.7 Å². The molecule has 1 rings (SSSR count). The van der Waals surface area contributed by atoms with Crippen molar-refractivity contribution in [2.75, 3.05) is 24.7 Å². The highest BCUT2D eigenvalue weighted by Crippen LogP contribution is 2.20. The predicted molar refractivity (Wildman–Crippen MR) is 84.6 cm³/mol. The van der Waals surface area contributed by atoms with Crippen molar-refractivity contribution in [1.82, 2.24) is 5.32 Å². The number of benzene rings is 1. The number of rotatable bonds is 6. The summed E-state index contributed by atoms with van der Waals surface area (Å²) in [4.78, 5) is 11.8. The molecule has 0 bridgehead atoms. The van der Waals surface area contributed by atoms with Gasteiger partial charge in [-0.05, 0) is 41.9 Å². The quantitative estimate of drug-likeness (QED) is 0.808. The summed E-state index contributed by atoms with van der Waals surface area (Å²) in [6, 6.07) is 7.28. The van der Waals surface area contributed by atoms with E-state index in [1.807, 2.05) is 18.2 Å². The van der Waals surface area contributed by atoms with Crippen LogP contribution >= 0.6 is 15.9 Å². The molecule has 0 aromatic heterocycles. The first-order valence-corrected chi connectivity index (χ1v) is 8.76. The van der Waals surface area contributed by atoms with E-state index in [0.29, 0.717) is 5.69 Å². The minimum atomic E-state index is -3.17. The highest BCUT2D eigenvalue weighted by atomic mass is 79.9. The van der Waals surface area contributed by atoms with Gasteiger partial charge in [0.25, 0.3) is 0 Å². The molecule has 1 aromatic rings. The van der Waals surface area contributed by atoms with E-state index in [0.717, 1.165) is 4.47 Å². The molecule has 1 amide bonds. The topological polar surface area (TPSA) is 75.3 Å². The van der Waals surface area contributed by atoms with E-state index in [4.69, 9.17) is 0 Å². The SMILES string of the molecule is CC(C)(CNCC(=O)Nc1ccccc1Br)S(C)(=O)=O. The average Bonchev–Trinajstić information content (AvgIpc) is 2.30. The molecule has 0 heterocycles. The summed E-state index contributed by atoms with van der Waals surface area (Å²) < 4.78 is 22.9. The van der Waals surface area contributed by atoms with E-state index >= 15 is 0 Å². The van der Waals surface area contributed by atoms with Crippen molar-refractivity contribution >= 4 is 37.4 Å². The van der Waals surface area contributed by atoms with Crippen LogP contribution < -0.4 is 10.6 Å². The summed E-state index contributed by atoms with van der Waals surface area (Å²) in [6.07, 6.45) is 1.19. The van der Waals surface area contributed by atoms with E-state index < -0.39 is 14.6 Å². The Labute approximate surface area is 128 Å². The Kier molecular flexibility index (Phi) is 5.73. The minimum Gasteiger partial charge on any atom is -0.324 e. The molecule has 0 unspecified atom stereocenters. The zero-order valence-corrected chi connectivity index (χ0v) is 14.1. The van der Waals surface area contributed by atoms with Gasteiger partial charge in [-0.3, -0.25) is 4.79 Å². The van der Waals surface area contributed by atoms with Gasteiger partial charge in [0, 0.05) is 17.3 Å². The molecule has 20 heavy (non-hydrogen) atoms. The van der Waals surface area contributed by atoms with Crippen molar-refractivity contribution in [3.8, 4) is 0 Å². The lowest BCUT2D eigenvalue weighted by molar-refractivity contribution is -0.115. The lowest BCUT2D eigenvalue weighted by atomic mass is 10.2. The molecular formula is C13H19BrN2O3S. The standard InChI is InChI=1S/C13H19BrN2O3S/c1-13(2,20(3,18)19)9-15-8-12(17)16-11-7-5-4-6-10(11)14/h4-7,15H,8-9H2,1-3H3,(H,16,17). The summed E-state index contributed by atoms with van der Waals surface area (Å²) >= 11 is 3.34. The van der Waals surface area contributed by atoms with Crippen LogP contribution in [0.1, 0.15) is 13.8 Å². The number of amides is 1. The largest absolute Gasteiger partial charge is 0.324 e. The van der Waals surface area contributed by atoms with Gasteiger partial charge >= 0.3 is 0 Å². The number of carbonyl (C=O) groups excluding carboxylic acids is 1. The van der Waals surface area contributed by atoms with Crippen molar-refractivity contribution < 1.29 is 13.2 Å². The van der Waals surface area contributed by atoms with Gasteiger partial charge in [0.05, 0.1) is 17.0 Å². The summed E-state index contributed by atoms with van der Waals surface area (Å²) in [7, 11) is -3.17. The second-order valence-corrected chi connectivity index (χ2v) is 8.67. The van der Waals surface area contributed by atoms with Crippen molar-refractivity contribution in [3.63, 3.8) is 0 Å². The van der Waals surface area contributed by atoms with Crippen molar-refractivity contribution in [3.05, 3.63) is 28.7 Å². The van der Waals surface area contributed by atoms with Crippen LogP contribution in [0, 0.1) is 0 Å². The van der Waals surface area contributed by atoms with Crippen molar-refractivity contribution in [1.29, 1.82) is 0 Å². The Balaban J connectivity index is 2.48. The summed E-state index contributed by atoms with van der Waals surface area (Å²) in [5, 5.41) is 5.60. The molecule has 0 aliphatic carbocycles. The number of carbonyl (C=O) groups is 1. The van der Waals surface area contributed by atoms with Gasteiger partial charge in [-0.1, -0.05) is 12.1 Å². The zero-order valence-electron chi connectivity index (χ0n) is 11.7. The molecule has 1 aromatic carbocycles. The van der Waals surface area contributed by atoms with Gasteiger partial charge in [-0.15, -0.1) is 0 Å². The highest BCUT2D eigenvalue weighted by molar-refractivity contribution is 9.10. The van der Waals surface area contributed by atoms with Crippen LogP contribution in [-0.4, -0.2) is 38.4 Å². The monoisotopic (exact) mass is 362 g/mol. The first-order chi connectivity index (χ1) is 9.13. The number of halogens is 1. The molecule has 112 valence electrons. The number of para-hydroxylation sites is 1. The van der Waals surface area contributed by atoms with E-state index in [2.05, 4.69) is 26.6 Å². The third-order valence-corrected chi connectivity index (χ3v) is 5.83. The van der Waals surface area contributed by atoms with Gasteiger partial charge in [-0.2, -0.15) is 0 Å². The van der Waals surface area contributed by atoms with Crippen LogP contribution in [0.3, 0.4) is 0 Å².